The number of carbonyl (C=O) groups is 1. The number of carbonyl (C=O) groups excluding carboxylic acids is 1. The Hall–Kier alpha value is -1.45. The van der Waals surface area contributed by atoms with Crippen LogP contribution in [0.3, 0.4) is 0 Å². The molecule has 124 valence electrons. The highest BCUT2D eigenvalue weighted by molar-refractivity contribution is 8.03. The fraction of sp³-hybridized carbons (Fsp3) is 0.357. The Labute approximate surface area is 147 Å². The molecule has 0 bridgehead atoms. The van der Waals surface area contributed by atoms with Crippen LogP contribution in [0.1, 0.15) is 6.92 Å². The third-order valence-electron chi connectivity index (χ3n) is 2.67. The van der Waals surface area contributed by atoms with Gasteiger partial charge in [0.15, 0.2) is 8.68 Å². The van der Waals surface area contributed by atoms with Gasteiger partial charge in [-0.1, -0.05) is 41.8 Å². The molecule has 1 amide bonds. The predicted molar refractivity (Wildman–Crippen MR) is 95.2 cm³/mol. The quantitative estimate of drug-likeness (QED) is 0.713. The molecule has 0 spiro atoms. The lowest BCUT2D eigenvalue weighted by Crippen LogP contribution is -2.14. The number of aromatic nitrogens is 2. The number of hydrogen-bond donors (Lipinski definition) is 1. The first-order chi connectivity index (χ1) is 11.2. The Bertz CT molecular complexity index is 664. The Morgan fingerprint density at radius 2 is 1.96 bits per heavy atom. The molecule has 0 aliphatic heterocycles. The molecule has 2 aromatic rings. The molecular formula is C14H17N3O3S3. The number of rotatable bonds is 8. The molecule has 1 aromatic carbocycles. The zero-order chi connectivity index (χ0) is 16.7. The van der Waals surface area contributed by atoms with Crippen LogP contribution in [0.4, 0.5) is 5.69 Å². The second kappa shape index (κ2) is 8.99. The topological polar surface area (TPSA) is 73.3 Å². The van der Waals surface area contributed by atoms with Crippen LogP contribution in [-0.2, 0) is 4.79 Å². The molecule has 0 saturated heterocycles. The Balaban J connectivity index is 1.91. The monoisotopic (exact) mass is 371 g/mol. The van der Waals surface area contributed by atoms with Gasteiger partial charge in [0.25, 0.3) is 0 Å². The van der Waals surface area contributed by atoms with Gasteiger partial charge in [0.1, 0.15) is 11.5 Å². The summed E-state index contributed by atoms with van der Waals surface area (Å²) in [6.45, 7) is 2.06. The average molecular weight is 372 g/mol. The first kappa shape index (κ1) is 17.9. The van der Waals surface area contributed by atoms with Gasteiger partial charge in [0.05, 0.1) is 25.7 Å². The minimum absolute atomic E-state index is 0.127. The van der Waals surface area contributed by atoms with Crippen LogP contribution in [0.15, 0.2) is 26.9 Å². The van der Waals surface area contributed by atoms with Crippen LogP contribution >= 0.6 is 34.9 Å². The average Bonchev–Trinajstić information content (AvgIpc) is 3.01. The molecule has 0 atom stereocenters. The fourth-order valence-electron chi connectivity index (χ4n) is 1.65. The SMILES string of the molecule is CCSc1nnc(SCC(=O)Nc2ccc(OC)cc2OC)s1. The number of ether oxygens (including phenoxy) is 2. The van der Waals surface area contributed by atoms with Gasteiger partial charge in [0.2, 0.25) is 5.91 Å². The zero-order valence-electron chi connectivity index (χ0n) is 13.0. The molecule has 1 N–H and O–H groups in total. The molecule has 0 aliphatic carbocycles. The maximum Gasteiger partial charge on any atom is 0.234 e. The lowest BCUT2D eigenvalue weighted by Gasteiger charge is -2.11. The molecule has 1 heterocycles. The molecule has 0 radical (unpaired) electrons. The number of anilines is 1. The summed E-state index contributed by atoms with van der Waals surface area (Å²) in [7, 11) is 3.13. The number of hydrogen-bond acceptors (Lipinski definition) is 8. The van der Waals surface area contributed by atoms with Crippen molar-refractivity contribution in [1.82, 2.24) is 10.2 Å². The van der Waals surface area contributed by atoms with Crippen LogP contribution in [0.5, 0.6) is 11.5 Å². The molecule has 2 rings (SSSR count). The van der Waals surface area contributed by atoms with E-state index in [-0.39, 0.29) is 11.7 Å². The summed E-state index contributed by atoms with van der Waals surface area (Å²) < 4.78 is 12.1. The van der Waals surface area contributed by atoms with Crippen molar-refractivity contribution in [3.63, 3.8) is 0 Å². The van der Waals surface area contributed by atoms with Gasteiger partial charge in [-0.2, -0.15) is 0 Å². The first-order valence-corrected chi connectivity index (χ1v) is 9.56. The van der Waals surface area contributed by atoms with Crippen molar-refractivity contribution in [3.05, 3.63) is 18.2 Å². The normalized spacial score (nSPS) is 10.4. The number of thioether (sulfide) groups is 2. The summed E-state index contributed by atoms with van der Waals surface area (Å²) in [5.74, 6) is 2.32. The second-order valence-corrected chi connectivity index (χ2v) is 7.88. The molecule has 9 heteroatoms. The summed E-state index contributed by atoms with van der Waals surface area (Å²) in [5, 5.41) is 10.9. The largest absolute Gasteiger partial charge is 0.497 e. The smallest absolute Gasteiger partial charge is 0.234 e. The van der Waals surface area contributed by atoms with Gasteiger partial charge in [-0.15, -0.1) is 10.2 Å². The highest BCUT2D eigenvalue weighted by atomic mass is 32.2. The van der Waals surface area contributed by atoms with Crippen LogP contribution < -0.4 is 14.8 Å². The third kappa shape index (κ3) is 5.29. The number of methoxy groups -OCH3 is 2. The van der Waals surface area contributed by atoms with Gasteiger partial charge in [-0.25, -0.2) is 0 Å². The predicted octanol–water partition coefficient (Wildman–Crippen LogP) is 3.40. The van der Waals surface area contributed by atoms with E-state index in [0.29, 0.717) is 17.2 Å². The van der Waals surface area contributed by atoms with E-state index in [1.165, 1.54) is 23.1 Å². The highest BCUT2D eigenvalue weighted by Crippen LogP contribution is 2.30. The standard InChI is InChI=1S/C14H17N3O3S3/c1-4-21-13-16-17-14(23-13)22-8-12(18)15-10-6-5-9(19-2)7-11(10)20-3/h5-7H,4,8H2,1-3H3,(H,15,18). The third-order valence-corrected chi connectivity index (χ3v) is 5.74. The van der Waals surface area contributed by atoms with Crippen molar-refractivity contribution < 1.29 is 14.3 Å². The zero-order valence-corrected chi connectivity index (χ0v) is 15.4. The maximum absolute atomic E-state index is 12.1. The van der Waals surface area contributed by atoms with Gasteiger partial charge in [-0.05, 0) is 17.9 Å². The molecular weight excluding hydrogens is 354 g/mol. The highest BCUT2D eigenvalue weighted by Gasteiger charge is 2.11. The molecule has 1 aromatic heterocycles. The first-order valence-electron chi connectivity index (χ1n) is 6.77. The minimum Gasteiger partial charge on any atom is -0.497 e. The van der Waals surface area contributed by atoms with E-state index >= 15 is 0 Å². The molecule has 6 nitrogen and oxygen atoms in total. The Kier molecular flexibility index (Phi) is 7.00. The van der Waals surface area contributed by atoms with Crippen LogP contribution in [0, 0.1) is 0 Å². The molecule has 0 unspecified atom stereocenters. The van der Waals surface area contributed by atoms with Crippen molar-refractivity contribution >= 4 is 46.5 Å². The lowest BCUT2D eigenvalue weighted by atomic mass is 10.2. The fourth-order valence-corrected chi connectivity index (χ4v) is 4.37. The molecule has 0 fully saturated rings. The van der Waals surface area contributed by atoms with E-state index in [0.717, 1.165) is 14.4 Å². The summed E-state index contributed by atoms with van der Waals surface area (Å²) in [5.41, 5.74) is 0.610. The van der Waals surface area contributed by atoms with Crippen molar-refractivity contribution in [1.29, 1.82) is 0 Å². The van der Waals surface area contributed by atoms with Crippen molar-refractivity contribution in [2.75, 3.05) is 31.0 Å². The summed E-state index contributed by atoms with van der Waals surface area (Å²) in [4.78, 5) is 12.1. The van der Waals surface area contributed by atoms with E-state index in [9.17, 15) is 4.79 Å². The number of nitrogens with one attached hydrogen (secondary N) is 1. The number of nitrogens with zero attached hydrogens (tertiary/aromatic N) is 2. The van der Waals surface area contributed by atoms with E-state index in [1.807, 2.05) is 0 Å². The van der Waals surface area contributed by atoms with E-state index in [2.05, 4.69) is 22.4 Å². The number of amides is 1. The van der Waals surface area contributed by atoms with E-state index in [1.54, 1.807) is 44.2 Å². The Morgan fingerprint density at radius 3 is 2.61 bits per heavy atom. The lowest BCUT2D eigenvalue weighted by molar-refractivity contribution is -0.113. The second-order valence-electron chi connectivity index (χ2n) is 4.17. The van der Waals surface area contributed by atoms with Crippen LogP contribution in [-0.4, -0.2) is 41.8 Å². The van der Waals surface area contributed by atoms with Gasteiger partial charge in [0, 0.05) is 6.07 Å². The number of benzene rings is 1. The minimum atomic E-state index is -0.127. The van der Waals surface area contributed by atoms with Crippen molar-refractivity contribution in [3.8, 4) is 11.5 Å². The van der Waals surface area contributed by atoms with Gasteiger partial charge < -0.3 is 14.8 Å². The van der Waals surface area contributed by atoms with Gasteiger partial charge in [-0.3, -0.25) is 4.79 Å². The Morgan fingerprint density at radius 1 is 1.22 bits per heavy atom. The van der Waals surface area contributed by atoms with Crippen LogP contribution in [0.2, 0.25) is 0 Å². The molecule has 23 heavy (non-hydrogen) atoms. The summed E-state index contributed by atoms with van der Waals surface area (Å²) in [6, 6.07) is 5.24. The summed E-state index contributed by atoms with van der Waals surface area (Å²) >= 11 is 4.51. The van der Waals surface area contributed by atoms with E-state index in [4.69, 9.17) is 9.47 Å². The van der Waals surface area contributed by atoms with Crippen molar-refractivity contribution in [2.45, 2.75) is 15.6 Å². The molecule has 0 aliphatic rings. The van der Waals surface area contributed by atoms with Crippen molar-refractivity contribution in [2.24, 2.45) is 0 Å². The maximum atomic E-state index is 12.1. The summed E-state index contributed by atoms with van der Waals surface area (Å²) in [6.07, 6.45) is 0. The van der Waals surface area contributed by atoms with Gasteiger partial charge >= 0.3 is 0 Å². The molecule has 0 saturated carbocycles. The van der Waals surface area contributed by atoms with E-state index < -0.39 is 0 Å². The van der Waals surface area contributed by atoms with Crippen LogP contribution in [0.25, 0.3) is 0 Å².